The van der Waals surface area contributed by atoms with Gasteiger partial charge in [0.25, 0.3) is 0 Å². The van der Waals surface area contributed by atoms with Crippen LogP contribution in [0.15, 0.2) is 0 Å². The summed E-state index contributed by atoms with van der Waals surface area (Å²) in [5.74, 6) is 1.37. The van der Waals surface area contributed by atoms with Gasteiger partial charge < -0.3 is 10.3 Å². The van der Waals surface area contributed by atoms with Crippen LogP contribution < -0.4 is 5.73 Å². The average molecular weight is 286 g/mol. The lowest BCUT2D eigenvalue weighted by molar-refractivity contribution is 0.146. The lowest BCUT2D eigenvalue weighted by Crippen LogP contribution is -2.31. The summed E-state index contributed by atoms with van der Waals surface area (Å²) in [6.07, 6.45) is 5.12. The molecule has 0 aromatic carbocycles. The summed E-state index contributed by atoms with van der Waals surface area (Å²) in [7, 11) is 0. The minimum absolute atomic E-state index is 0.301. The van der Waals surface area contributed by atoms with Crippen LogP contribution in [0.1, 0.15) is 62.7 Å². The van der Waals surface area contributed by atoms with Crippen molar-refractivity contribution in [2.75, 3.05) is 5.73 Å². The number of hydrogen-bond acceptors (Lipinski definition) is 3. The second-order valence-corrected chi connectivity index (χ2v) is 7.19. The maximum absolute atomic E-state index is 6.17. The zero-order valence-corrected chi connectivity index (χ0v) is 13.8. The topological polar surface area (TPSA) is 56.7 Å². The van der Waals surface area contributed by atoms with Crippen LogP contribution in [-0.4, -0.2) is 14.5 Å². The predicted octanol–water partition coefficient (Wildman–Crippen LogP) is 4.08. The van der Waals surface area contributed by atoms with Gasteiger partial charge in [0, 0.05) is 11.7 Å². The summed E-state index contributed by atoms with van der Waals surface area (Å²) in [5.41, 5.74) is 10.0. The molecular formula is C17H26N4. The van der Waals surface area contributed by atoms with Crippen LogP contribution in [0.2, 0.25) is 0 Å². The first-order valence-electron chi connectivity index (χ1n) is 7.94. The fourth-order valence-electron chi connectivity index (χ4n) is 3.97. The van der Waals surface area contributed by atoms with Gasteiger partial charge in [0.1, 0.15) is 17.3 Å². The van der Waals surface area contributed by atoms with Crippen molar-refractivity contribution < 1.29 is 0 Å². The van der Waals surface area contributed by atoms with Gasteiger partial charge in [0.05, 0.1) is 5.39 Å². The molecule has 114 valence electrons. The molecule has 21 heavy (non-hydrogen) atoms. The van der Waals surface area contributed by atoms with E-state index in [4.69, 9.17) is 10.7 Å². The second kappa shape index (κ2) is 4.72. The Hall–Kier alpha value is -1.58. The largest absolute Gasteiger partial charge is 0.383 e. The van der Waals surface area contributed by atoms with Crippen molar-refractivity contribution in [3.63, 3.8) is 0 Å². The smallest absolute Gasteiger partial charge is 0.146 e. The molecule has 1 fully saturated rings. The molecule has 1 aliphatic rings. The summed E-state index contributed by atoms with van der Waals surface area (Å²) in [6, 6.07) is 0.496. The third-order valence-electron chi connectivity index (χ3n) is 5.30. The molecule has 1 atom stereocenters. The number of anilines is 1. The van der Waals surface area contributed by atoms with Crippen LogP contribution in [-0.2, 0) is 0 Å². The van der Waals surface area contributed by atoms with Crippen LogP contribution in [0.25, 0.3) is 11.0 Å². The highest BCUT2D eigenvalue weighted by Gasteiger charge is 2.35. The van der Waals surface area contributed by atoms with Crippen molar-refractivity contribution in [2.45, 2.75) is 66.3 Å². The van der Waals surface area contributed by atoms with E-state index in [9.17, 15) is 0 Å². The van der Waals surface area contributed by atoms with Crippen molar-refractivity contribution in [3.05, 3.63) is 17.1 Å². The molecule has 2 aromatic rings. The minimum atomic E-state index is 0.301. The second-order valence-electron chi connectivity index (χ2n) is 7.19. The molecule has 2 N–H and O–H groups in total. The Labute approximate surface area is 126 Å². The van der Waals surface area contributed by atoms with Gasteiger partial charge in [0.15, 0.2) is 0 Å². The van der Waals surface area contributed by atoms with Gasteiger partial charge >= 0.3 is 0 Å². The quantitative estimate of drug-likeness (QED) is 0.859. The van der Waals surface area contributed by atoms with E-state index in [1.54, 1.807) is 0 Å². The van der Waals surface area contributed by atoms with Crippen LogP contribution in [0, 0.1) is 26.2 Å². The number of nitrogens with two attached hydrogens (primary N) is 1. The maximum Gasteiger partial charge on any atom is 0.146 e. The molecule has 1 saturated carbocycles. The van der Waals surface area contributed by atoms with Crippen molar-refractivity contribution in [1.29, 1.82) is 0 Å². The van der Waals surface area contributed by atoms with Crippen molar-refractivity contribution in [1.82, 2.24) is 14.5 Å². The van der Waals surface area contributed by atoms with E-state index in [0.29, 0.717) is 17.3 Å². The fourth-order valence-corrected chi connectivity index (χ4v) is 3.97. The summed E-state index contributed by atoms with van der Waals surface area (Å²) in [6.45, 7) is 11.0. The molecule has 0 saturated heterocycles. The molecule has 4 nitrogen and oxygen atoms in total. The lowest BCUT2D eigenvalue weighted by atomic mass is 9.73. The van der Waals surface area contributed by atoms with Crippen LogP contribution in [0.3, 0.4) is 0 Å². The summed E-state index contributed by atoms with van der Waals surface area (Å²) in [4.78, 5) is 9.08. The van der Waals surface area contributed by atoms with E-state index in [-0.39, 0.29) is 0 Å². The fraction of sp³-hybridized carbons (Fsp3) is 0.647. The number of hydrogen-bond donors (Lipinski definition) is 1. The van der Waals surface area contributed by atoms with E-state index >= 15 is 0 Å². The van der Waals surface area contributed by atoms with Gasteiger partial charge in [-0.25, -0.2) is 9.97 Å². The summed E-state index contributed by atoms with van der Waals surface area (Å²) in [5, 5.41) is 1.04. The molecule has 2 heterocycles. The standard InChI is InChI=1S/C17H26N4/c1-10-11(2)21(13-8-6-7-9-17(13,4)5)16-14(10)15(18)19-12(3)20-16/h13H,6-9H2,1-5H3,(H2,18,19,20). The average Bonchev–Trinajstić information content (AvgIpc) is 2.62. The van der Waals surface area contributed by atoms with E-state index in [2.05, 4.69) is 37.2 Å². The molecule has 0 radical (unpaired) electrons. The highest BCUT2D eigenvalue weighted by Crippen LogP contribution is 2.46. The molecule has 3 rings (SSSR count). The summed E-state index contributed by atoms with van der Waals surface area (Å²) < 4.78 is 2.44. The highest BCUT2D eigenvalue weighted by molar-refractivity contribution is 5.91. The van der Waals surface area contributed by atoms with Crippen LogP contribution in [0.5, 0.6) is 0 Å². The minimum Gasteiger partial charge on any atom is -0.383 e. The van der Waals surface area contributed by atoms with Gasteiger partial charge in [0.2, 0.25) is 0 Å². The third kappa shape index (κ3) is 2.12. The Bertz CT molecular complexity index is 697. The molecule has 0 bridgehead atoms. The van der Waals surface area contributed by atoms with Gasteiger partial charge in [-0.1, -0.05) is 26.7 Å². The van der Waals surface area contributed by atoms with Gasteiger partial charge in [-0.15, -0.1) is 0 Å². The first kappa shape index (κ1) is 14.4. The molecule has 0 spiro atoms. The molecular weight excluding hydrogens is 260 g/mol. The molecule has 1 aliphatic carbocycles. The first-order chi connectivity index (χ1) is 9.83. The van der Waals surface area contributed by atoms with Crippen molar-refractivity contribution in [3.8, 4) is 0 Å². The Morgan fingerprint density at radius 3 is 2.52 bits per heavy atom. The van der Waals surface area contributed by atoms with E-state index < -0.39 is 0 Å². The zero-order chi connectivity index (χ0) is 15.4. The number of aromatic nitrogens is 3. The van der Waals surface area contributed by atoms with Gasteiger partial charge in [-0.3, -0.25) is 0 Å². The monoisotopic (exact) mass is 286 g/mol. The summed E-state index contributed by atoms with van der Waals surface area (Å²) >= 11 is 0. The number of aryl methyl sites for hydroxylation is 2. The normalized spacial score (nSPS) is 21.9. The van der Waals surface area contributed by atoms with Crippen molar-refractivity contribution >= 4 is 16.9 Å². The third-order valence-corrected chi connectivity index (χ3v) is 5.30. The number of rotatable bonds is 1. The lowest BCUT2D eigenvalue weighted by Gasteiger charge is -2.40. The van der Waals surface area contributed by atoms with Gasteiger partial charge in [-0.05, 0) is 44.6 Å². The van der Waals surface area contributed by atoms with Crippen LogP contribution in [0.4, 0.5) is 5.82 Å². The SMILES string of the molecule is Cc1nc(N)c2c(C)c(C)n(C3CCCCC3(C)C)c2n1. The van der Waals surface area contributed by atoms with E-state index in [0.717, 1.165) is 16.9 Å². The molecule has 1 unspecified atom stereocenters. The highest BCUT2D eigenvalue weighted by atomic mass is 15.1. The maximum atomic E-state index is 6.17. The number of nitrogens with zero attached hydrogens (tertiary/aromatic N) is 3. The Balaban J connectivity index is 2.30. The van der Waals surface area contributed by atoms with Crippen molar-refractivity contribution in [2.24, 2.45) is 5.41 Å². The molecule has 4 heteroatoms. The Morgan fingerprint density at radius 2 is 1.86 bits per heavy atom. The molecule has 2 aromatic heterocycles. The van der Waals surface area contributed by atoms with E-state index in [1.165, 1.54) is 36.9 Å². The molecule has 0 aliphatic heterocycles. The first-order valence-corrected chi connectivity index (χ1v) is 7.94. The van der Waals surface area contributed by atoms with E-state index in [1.807, 2.05) is 6.92 Å². The zero-order valence-electron chi connectivity index (χ0n) is 13.8. The van der Waals surface area contributed by atoms with Gasteiger partial charge in [-0.2, -0.15) is 0 Å². The Kier molecular flexibility index (Phi) is 3.23. The Morgan fingerprint density at radius 1 is 1.14 bits per heavy atom. The van der Waals surface area contributed by atoms with Crippen LogP contribution >= 0.6 is 0 Å². The number of nitrogen functional groups attached to an aromatic ring is 1. The molecule has 0 amide bonds. The number of fused-ring (bicyclic) bond motifs is 1. The predicted molar refractivity (Wildman–Crippen MR) is 87.4 cm³/mol.